The van der Waals surface area contributed by atoms with Gasteiger partial charge in [0.05, 0.1) is 0 Å². The van der Waals surface area contributed by atoms with E-state index < -0.39 is 24.5 Å². The van der Waals surface area contributed by atoms with Crippen LogP contribution in [0.15, 0.2) is 48.5 Å². The van der Waals surface area contributed by atoms with E-state index >= 15 is 0 Å². The first kappa shape index (κ1) is 19.2. The van der Waals surface area contributed by atoms with Crippen molar-refractivity contribution in [3.05, 3.63) is 65.2 Å². The first-order chi connectivity index (χ1) is 12.4. The van der Waals surface area contributed by atoms with Crippen LogP contribution < -0.4 is 10.6 Å². The molecule has 6 heteroatoms. The van der Waals surface area contributed by atoms with Gasteiger partial charge in [0.15, 0.2) is 6.61 Å². The van der Waals surface area contributed by atoms with E-state index in [1.165, 1.54) is 6.92 Å². The topological polar surface area (TPSA) is 84.5 Å². The second-order valence-corrected chi connectivity index (χ2v) is 5.98. The van der Waals surface area contributed by atoms with Crippen molar-refractivity contribution in [3.63, 3.8) is 0 Å². The SMILES string of the molecule is Cc1cccc(C)c1NC(=O)COC(=O)[C@H](C)NC(=O)c1ccccc1. The molecular weight excluding hydrogens is 332 g/mol. The Kier molecular flexibility index (Phi) is 6.49. The third-order valence-corrected chi connectivity index (χ3v) is 3.83. The monoisotopic (exact) mass is 354 g/mol. The van der Waals surface area contributed by atoms with Gasteiger partial charge in [-0.1, -0.05) is 36.4 Å². The molecule has 0 spiro atoms. The summed E-state index contributed by atoms with van der Waals surface area (Å²) in [5, 5.41) is 5.28. The minimum atomic E-state index is -0.865. The maximum atomic E-state index is 12.0. The molecule has 0 aliphatic carbocycles. The van der Waals surface area contributed by atoms with Crippen LogP contribution in [0, 0.1) is 13.8 Å². The highest BCUT2D eigenvalue weighted by Gasteiger charge is 2.19. The van der Waals surface area contributed by atoms with E-state index in [0.29, 0.717) is 11.3 Å². The molecule has 6 nitrogen and oxygen atoms in total. The molecule has 0 saturated heterocycles. The van der Waals surface area contributed by atoms with Crippen LogP contribution in [-0.2, 0) is 14.3 Å². The predicted octanol–water partition coefficient (Wildman–Crippen LogP) is 2.60. The average molecular weight is 354 g/mol. The third kappa shape index (κ3) is 5.17. The van der Waals surface area contributed by atoms with Crippen LogP contribution in [0.1, 0.15) is 28.4 Å². The number of carbonyl (C=O) groups is 3. The Hall–Kier alpha value is -3.15. The Morgan fingerprint density at radius 1 is 0.962 bits per heavy atom. The minimum Gasteiger partial charge on any atom is -0.454 e. The van der Waals surface area contributed by atoms with Crippen molar-refractivity contribution in [2.75, 3.05) is 11.9 Å². The number of benzene rings is 2. The lowest BCUT2D eigenvalue weighted by atomic mass is 10.1. The summed E-state index contributed by atoms with van der Waals surface area (Å²) in [6.45, 7) is 4.86. The standard InChI is InChI=1S/C20H22N2O4/c1-13-8-7-9-14(2)18(13)22-17(23)12-26-20(25)15(3)21-19(24)16-10-5-4-6-11-16/h4-11,15H,12H2,1-3H3,(H,21,24)(H,22,23)/t15-/m0/s1. The normalized spacial score (nSPS) is 11.3. The summed E-state index contributed by atoms with van der Waals surface area (Å²) in [7, 11) is 0. The number of para-hydroxylation sites is 1. The lowest BCUT2D eigenvalue weighted by Crippen LogP contribution is -2.40. The van der Waals surface area contributed by atoms with Gasteiger partial charge in [-0.2, -0.15) is 0 Å². The number of amides is 2. The van der Waals surface area contributed by atoms with E-state index in [4.69, 9.17) is 4.74 Å². The number of anilines is 1. The molecule has 0 fully saturated rings. The lowest BCUT2D eigenvalue weighted by Gasteiger charge is -2.14. The van der Waals surface area contributed by atoms with Crippen molar-refractivity contribution in [2.45, 2.75) is 26.8 Å². The second-order valence-electron chi connectivity index (χ2n) is 5.98. The molecule has 0 unspecified atom stereocenters. The maximum Gasteiger partial charge on any atom is 0.328 e. The van der Waals surface area contributed by atoms with Crippen molar-refractivity contribution in [1.29, 1.82) is 0 Å². The molecule has 0 aliphatic heterocycles. The lowest BCUT2D eigenvalue weighted by molar-refractivity contribution is -0.148. The number of hydrogen-bond donors (Lipinski definition) is 2. The molecule has 0 heterocycles. The number of esters is 1. The zero-order valence-electron chi connectivity index (χ0n) is 15.0. The zero-order chi connectivity index (χ0) is 19.1. The summed E-state index contributed by atoms with van der Waals surface area (Å²) in [6.07, 6.45) is 0. The van der Waals surface area contributed by atoms with Crippen molar-refractivity contribution >= 4 is 23.5 Å². The first-order valence-electron chi connectivity index (χ1n) is 8.27. The molecule has 0 aliphatic rings. The van der Waals surface area contributed by atoms with Gasteiger partial charge in [0, 0.05) is 11.3 Å². The second kappa shape index (κ2) is 8.80. The Morgan fingerprint density at radius 2 is 1.58 bits per heavy atom. The molecule has 2 aromatic rings. The van der Waals surface area contributed by atoms with Crippen molar-refractivity contribution in [1.82, 2.24) is 5.32 Å². The van der Waals surface area contributed by atoms with Crippen LogP contribution in [0.2, 0.25) is 0 Å². The Labute approximate surface area is 152 Å². The zero-order valence-corrected chi connectivity index (χ0v) is 15.0. The summed E-state index contributed by atoms with van der Waals surface area (Å²) in [5.41, 5.74) is 3.00. The predicted molar refractivity (Wildman–Crippen MR) is 98.9 cm³/mol. The molecular formula is C20H22N2O4. The van der Waals surface area contributed by atoms with Gasteiger partial charge >= 0.3 is 5.97 Å². The van der Waals surface area contributed by atoms with Gasteiger partial charge < -0.3 is 15.4 Å². The fourth-order valence-electron chi connectivity index (χ4n) is 2.38. The van der Waals surface area contributed by atoms with Crippen LogP contribution >= 0.6 is 0 Å². The van der Waals surface area contributed by atoms with Crippen molar-refractivity contribution in [3.8, 4) is 0 Å². The van der Waals surface area contributed by atoms with Crippen LogP contribution in [-0.4, -0.2) is 30.4 Å². The molecule has 2 N–H and O–H groups in total. The van der Waals surface area contributed by atoms with Gasteiger partial charge in [-0.05, 0) is 44.0 Å². The highest BCUT2D eigenvalue weighted by Crippen LogP contribution is 2.19. The van der Waals surface area contributed by atoms with Crippen LogP contribution in [0.25, 0.3) is 0 Å². The van der Waals surface area contributed by atoms with Gasteiger partial charge in [-0.15, -0.1) is 0 Å². The summed E-state index contributed by atoms with van der Waals surface area (Å²) >= 11 is 0. The number of aryl methyl sites for hydroxylation is 2. The Bertz CT molecular complexity index is 782. The van der Waals surface area contributed by atoms with Gasteiger partial charge in [0.1, 0.15) is 6.04 Å². The molecule has 2 rings (SSSR count). The summed E-state index contributed by atoms with van der Waals surface area (Å²) in [4.78, 5) is 36.0. The van der Waals surface area contributed by atoms with E-state index in [9.17, 15) is 14.4 Å². The summed E-state index contributed by atoms with van der Waals surface area (Å²) in [5.74, 6) is -1.49. The molecule has 136 valence electrons. The largest absolute Gasteiger partial charge is 0.454 e. The van der Waals surface area contributed by atoms with Crippen molar-refractivity contribution in [2.24, 2.45) is 0 Å². The molecule has 0 bridgehead atoms. The number of nitrogens with one attached hydrogen (secondary N) is 2. The number of carbonyl (C=O) groups excluding carboxylic acids is 3. The molecule has 2 aromatic carbocycles. The Morgan fingerprint density at radius 3 is 2.19 bits per heavy atom. The minimum absolute atomic E-state index is 0.380. The summed E-state index contributed by atoms with van der Waals surface area (Å²) in [6, 6.07) is 13.4. The van der Waals surface area contributed by atoms with Crippen LogP contribution in [0.5, 0.6) is 0 Å². The van der Waals surface area contributed by atoms with Gasteiger partial charge in [0.25, 0.3) is 11.8 Å². The van der Waals surface area contributed by atoms with E-state index in [1.807, 2.05) is 32.0 Å². The fourth-order valence-corrected chi connectivity index (χ4v) is 2.38. The number of ether oxygens (including phenoxy) is 1. The van der Waals surface area contributed by atoms with E-state index in [1.54, 1.807) is 30.3 Å². The molecule has 0 radical (unpaired) electrons. The third-order valence-electron chi connectivity index (χ3n) is 3.83. The van der Waals surface area contributed by atoms with Gasteiger partial charge in [-0.3, -0.25) is 9.59 Å². The van der Waals surface area contributed by atoms with Gasteiger partial charge in [-0.25, -0.2) is 4.79 Å². The van der Waals surface area contributed by atoms with Gasteiger partial charge in [0.2, 0.25) is 0 Å². The van der Waals surface area contributed by atoms with Crippen molar-refractivity contribution < 1.29 is 19.1 Å². The van der Waals surface area contributed by atoms with E-state index in [0.717, 1.165) is 11.1 Å². The number of hydrogen-bond acceptors (Lipinski definition) is 4. The highest BCUT2D eigenvalue weighted by atomic mass is 16.5. The van der Waals surface area contributed by atoms with E-state index in [2.05, 4.69) is 10.6 Å². The quantitative estimate of drug-likeness (QED) is 0.781. The first-order valence-corrected chi connectivity index (χ1v) is 8.27. The Balaban J connectivity index is 1.84. The summed E-state index contributed by atoms with van der Waals surface area (Å²) < 4.78 is 4.99. The van der Waals surface area contributed by atoms with E-state index in [-0.39, 0.29) is 5.91 Å². The molecule has 0 saturated carbocycles. The number of rotatable bonds is 6. The van der Waals surface area contributed by atoms with Crippen LogP contribution in [0.3, 0.4) is 0 Å². The average Bonchev–Trinajstić information content (AvgIpc) is 2.63. The molecule has 0 aromatic heterocycles. The molecule has 1 atom stereocenters. The highest BCUT2D eigenvalue weighted by molar-refractivity contribution is 5.97. The molecule has 26 heavy (non-hydrogen) atoms. The maximum absolute atomic E-state index is 12.0. The fraction of sp³-hybridized carbons (Fsp3) is 0.250. The molecule has 2 amide bonds. The van der Waals surface area contributed by atoms with Crippen LogP contribution in [0.4, 0.5) is 5.69 Å². The smallest absolute Gasteiger partial charge is 0.328 e.